The monoisotopic (exact) mass is 580 g/mol. The van der Waals surface area contributed by atoms with E-state index in [1.54, 1.807) is 0 Å². The van der Waals surface area contributed by atoms with Crippen LogP contribution in [0.1, 0.15) is 0 Å². The smallest absolute Gasteiger partial charge is 0.311 e. The SMILES string of the molecule is O=[N+]([O-])c1ccc(Oc2ccc([N+](=O)[O-])c(O)c2-c2ccc(Cl)cc2Cl)c(-c2ccc(Cl)cc2Cl)c1O. The number of phenols is 2. The van der Waals surface area contributed by atoms with Crippen LogP contribution >= 0.6 is 46.4 Å². The Hall–Kier alpha value is -3.76. The molecule has 0 bridgehead atoms. The number of hydrogen-bond acceptors (Lipinski definition) is 7. The fourth-order valence-electron chi connectivity index (χ4n) is 3.61. The fraction of sp³-hybridized carbons (Fsp3) is 0. The molecule has 0 amide bonds. The van der Waals surface area contributed by atoms with Gasteiger partial charge in [0.15, 0.2) is 0 Å². The third-order valence-corrected chi connectivity index (χ3v) is 6.35. The summed E-state index contributed by atoms with van der Waals surface area (Å²) in [5.74, 6) is -1.73. The van der Waals surface area contributed by atoms with E-state index in [-0.39, 0.29) is 53.8 Å². The normalized spacial score (nSPS) is 10.8. The molecule has 2 N–H and O–H groups in total. The van der Waals surface area contributed by atoms with Crippen LogP contribution in [0.3, 0.4) is 0 Å². The van der Waals surface area contributed by atoms with Gasteiger partial charge < -0.3 is 14.9 Å². The minimum Gasteiger partial charge on any atom is -0.502 e. The van der Waals surface area contributed by atoms with Crippen LogP contribution in [0.5, 0.6) is 23.0 Å². The molecule has 9 nitrogen and oxygen atoms in total. The second-order valence-electron chi connectivity index (χ2n) is 7.48. The summed E-state index contributed by atoms with van der Waals surface area (Å²) < 4.78 is 6.00. The van der Waals surface area contributed by atoms with Gasteiger partial charge in [0.05, 0.1) is 31.0 Å². The first-order valence-electron chi connectivity index (χ1n) is 10.1. The number of aromatic hydroxyl groups is 2. The molecular formula is C24H12Cl4N2O7. The summed E-state index contributed by atoms with van der Waals surface area (Å²) in [5.41, 5.74) is -1.25. The lowest BCUT2D eigenvalue weighted by molar-refractivity contribution is -0.385. The second kappa shape index (κ2) is 10.3. The Kier molecular flexibility index (Phi) is 7.33. The van der Waals surface area contributed by atoms with Crippen molar-refractivity contribution in [2.24, 2.45) is 0 Å². The average Bonchev–Trinajstić information content (AvgIpc) is 2.80. The first-order valence-corrected chi connectivity index (χ1v) is 11.6. The molecule has 0 saturated heterocycles. The predicted octanol–water partition coefficient (Wildman–Crippen LogP) is 8.65. The van der Waals surface area contributed by atoms with Crippen LogP contribution in [0, 0.1) is 20.2 Å². The zero-order valence-corrected chi connectivity index (χ0v) is 21.1. The zero-order chi connectivity index (χ0) is 27.0. The lowest BCUT2D eigenvalue weighted by atomic mass is 10.0. The molecule has 4 rings (SSSR count). The number of rotatable bonds is 6. The molecular weight excluding hydrogens is 570 g/mol. The number of benzene rings is 4. The molecule has 0 aliphatic heterocycles. The van der Waals surface area contributed by atoms with Gasteiger partial charge in [0.1, 0.15) is 11.5 Å². The van der Waals surface area contributed by atoms with E-state index in [1.165, 1.54) is 48.5 Å². The van der Waals surface area contributed by atoms with Crippen molar-refractivity contribution < 1.29 is 24.8 Å². The minimum atomic E-state index is -0.789. The Morgan fingerprint density at radius 1 is 0.622 bits per heavy atom. The van der Waals surface area contributed by atoms with E-state index in [0.29, 0.717) is 0 Å². The van der Waals surface area contributed by atoms with Gasteiger partial charge in [0.2, 0.25) is 11.5 Å². The molecule has 13 heteroatoms. The Morgan fingerprint density at radius 2 is 1.00 bits per heavy atom. The highest BCUT2D eigenvalue weighted by Gasteiger charge is 2.28. The van der Waals surface area contributed by atoms with Gasteiger partial charge in [-0.25, -0.2) is 0 Å². The molecule has 0 heterocycles. The van der Waals surface area contributed by atoms with Crippen molar-refractivity contribution in [2.45, 2.75) is 0 Å². The van der Waals surface area contributed by atoms with Crippen LogP contribution < -0.4 is 4.74 Å². The molecule has 37 heavy (non-hydrogen) atoms. The van der Waals surface area contributed by atoms with Crippen LogP contribution in [0.4, 0.5) is 11.4 Å². The van der Waals surface area contributed by atoms with E-state index in [0.717, 1.165) is 12.1 Å². The molecule has 0 unspecified atom stereocenters. The van der Waals surface area contributed by atoms with Crippen LogP contribution in [-0.2, 0) is 0 Å². The number of hydrogen-bond donors (Lipinski definition) is 2. The van der Waals surface area contributed by atoms with Gasteiger partial charge in [0.25, 0.3) is 0 Å². The minimum absolute atomic E-state index is 0.0562. The van der Waals surface area contributed by atoms with Gasteiger partial charge in [-0.05, 0) is 36.4 Å². The summed E-state index contributed by atoms with van der Waals surface area (Å²) in [6.45, 7) is 0. The maximum absolute atomic E-state index is 11.5. The topological polar surface area (TPSA) is 136 Å². The highest BCUT2D eigenvalue weighted by molar-refractivity contribution is 6.37. The number of nitro benzene ring substituents is 2. The van der Waals surface area contributed by atoms with Crippen molar-refractivity contribution in [3.05, 3.63) is 101 Å². The standard InChI is InChI=1S/C24H12Cl4N2O7/c25-11-1-3-13(15(27)9-11)21-19(7-5-17(23(21)31)29(33)34)37-20-8-6-18(30(35)36)24(32)22(20)14-4-2-12(26)10-16(14)28/h1-10,31-32H. The zero-order valence-electron chi connectivity index (χ0n) is 18.1. The van der Waals surface area contributed by atoms with Crippen molar-refractivity contribution in [2.75, 3.05) is 0 Å². The van der Waals surface area contributed by atoms with E-state index < -0.39 is 32.7 Å². The van der Waals surface area contributed by atoms with E-state index in [1.807, 2.05) is 0 Å². The van der Waals surface area contributed by atoms with Gasteiger partial charge >= 0.3 is 11.4 Å². The molecule has 0 aliphatic rings. The van der Waals surface area contributed by atoms with Gasteiger partial charge in [-0.3, -0.25) is 20.2 Å². The molecule has 0 fully saturated rings. The van der Waals surface area contributed by atoms with Crippen molar-refractivity contribution in [1.82, 2.24) is 0 Å². The van der Waals surface area contributed by atoms with Gasteiger partial charge in [0, 0.05) is 33.3 Å². The maximum Gasteiger partial charge on any atom is 0.311 e. The molecule has 0 aromatic heterocycles. The van der Waals surface area contributed by atoms with Crippen molar-refractivity contribution in [3.8, 4) is 45.3 Å². The fourth-order valence-corrected chi connectivity index (χ4v) is 4.62. The van der Waals surface area contributed by atoms with E-state index in [2.05, 4.69) is 0 Å². The number of nitro groups is 2. The molecule has 4 aromatic rings. The third-order valence-electron chi connectivity index (χ3n) is 5.25. The molecule has 0 spiro atoms. The lowest BCUT2D eigenvalue weighted by Gasteiger charge is -2.18. The van der Waals surface area contributed by atoms with Crippen LogP contribution in [0.25, 0.3) is 22.3 Å². The predicted molar refractivity (Wildman–Crippen MR) is 141 cm³/mol. The molecule has 0 aliphatic carbocycles. The molecule has 0 radical (unpaired) electrons. The van der Waals surface area contributed by atoms with Crippen molar-refractivity contribution >= 4 is 57.8 Å². The molecule has 0 atom stereocenters. The Morgan fingerprint density at radius 3 is 1.32 bits per heavy atom. The van der Waals surface area contributed by atoms with Crippen molar-refractivity contribution in [1.29, 1.82) is 0 Å². The summed E-state index contributed by atoms with van der Waals surface area (Å²) in [6.07, 6.45) is 0. The Labute approximate surface area is 228 Å². The first kappa shape index (κ1) is 26.3. The maximum atomic E-state index is 11.5. The average molecular weight is 582 g/mol. The van der Waals surface area contributed by atoms with Crippen LogP contribution in [0.15, 0.2) is 60.7 Å². The number of halogens is 4. The number of phenolic OH excluding ortho intramolecular Hbond substituents is 2. The summed E-state index contributed by atoms with van der Waals surface area (Å²) in [7, 11) is 0. The van der Waals surface area contributed by atoms with Crippen LogP contribution in [0.2, 0.25) is 20.1 Å². The number of nitrogens with zero attached hydrogens (tertiary/aromatic N) is 2. The van der Waals surface area contributed by atoms with E-state index in [9.17, 15) is 30.4 Å². The second-order valence-corrected chi connectivity index (χ2v) is 9.16. The van der Waals surface area contributed by atoms with E-state index in [4.69, 9.17) is 51.1 Å². The summed E-state index contributed by atoms with van der Waals surface area (Å²) in [6, 6.07) is 13.0. The molecule has 4 aromatic carbocycles. The first-order chi connectivity index (χ1) is 17.5. The van der Waals surface area contributed by atoms with Gasteiger partial charge in [-0.2, -0.15) is 0 Å². The Balaban J connectivity index is 1.99. The van der Waals surface area contributed by atoms with Crippen LogP contribution in [-0.4, -0.2) is 20.1 Å². The Bertz CT molecular complexity index is 1480. The molecule has 188 valence electrons. The summed E-state index contributed by atoms with van der Waals surface area (Å²) in [5, 5.41) is 45.3. The van der Waals surface area contributed by atoms with Gasteiger partial charge in [-0.1, -0.05) is 58.5 Å². The number of ether oxygens (including phenoxy) is 1. The third kappa shape index (κ3) is 5.07. The highest BCUT2D eigenvalue weighted by atomic mass is 35.5. The quantitative estimate of drug-likeness (QED) is 0.172. The van der Waals surface area contributed by atoms with Gasteiger partial charge in [-0.15, -0.1) is 0 Å². The van der Waals surface area contributed by atoms with E-state index >= 15 is 0 Å². The molecule has 0 saturated carbocycles. The van der Waals surface area contributed by atoms with Crippen molar-refractivity contribution in [3.63, 3.8) is 0 Å². The summed E-state index contributed by atoms with van der Waals surface area (Å²) in [4.78, 5) is 21.4. The highest BCUT2D eigenvalue weighted by Crippen LogP contribution is 2.51. The lowest BCUT2D eigenvalue weighted by Crippen LogP contribution is -1.97. The summed E-state index contributed by atoms with van der Waals surface area (Å²) >= 11 is 24.6. The largest absolute Gasteiger partial charge is 0.502 e.